The summed E-state index contributed by atoms with van der Waals surface area (Å²) in [5, 5.41) is 2.35. The number of benzene rings is 2. The number of carbonyl (C=O) groups excluding carboxylic acids is 2. The van der Waals surface area contributed by atoms with Crippen LogP contribution >= 0.6 is 0 Å². The highest BCUT2D eigenvalue weighted by atomic mass is 16.6. The first-order chi connectivity index (χ1) is 9.62. The van der Waals surface area contributed by atoms with Crippen LogP contribution in [0.15, 0.2) is 36.4 Å². The van der Waals surface area contributed by atoms with Gasteiger partial charge >= 0.3 is 11.9 Å². The number of cyclic esters (lactones) is 2. The summed E-state index contributed by atoms with van der Waals surface area (Å²) in [6.45, 7) is 1.84. The van der Waals surface area contributed by atoms with Gasteiger partial charge in [-0.1, -0.05) is 36.4 Å². The molecule has 2 unspecified atom stereocenters. The summed E-state index contributed by atoms with van der Waals surface area (Å²) in [4.78, 5) is 24.1. The largest absolute Gasteiger partial charge is 0.392 e. The van der Waals surface area contributed by atoms with Gasteiger partial charge in [0.1, 0.15) is 5.41 Å². The average molecular weight is 266 g/mol. The number of esters is 2. The minimum absolute atomic E-state index is 0.330. The maximum atomic E-state index is 12.2. The van der Waals surface area contributed by atoms with Crippen LogP contribution in [0.5, 0.6) is 0 Å². The quantitative estimate of drug-likeness (QED) is 0.544. The zero-order valence-electron chi connectivity index (χ0n) is 11.2. The Morgan fingerprint density at radius 3 is 2.80 bits per heavy atom. The Hall–Kier alpha value is -2.16. The van der Waals surface area contributed by atoms with E-state index in [-0.39, 0.29) is 11.9 Å². The van der Waals surface area contributed by atoms with Crippen molar-refractivity contribution in [3.63, 3.8) is 0 Å². The van der Waals surface area contributed by atoms with E-state index in [0.717, 1.165) is 12.0 Å². The van der Waals surface area contributed by atoms with Crippen molar-refractivity contribution in [1.29, 1.82) is 0 Å². The summed E-state index contributed by atoms with van der Waals surface area (Å²) >= 11 is 0. The molecular formula is C17H14O3. The Morgan fingerprint density at radius 2 is 1.95 bits per heavy atom. The molecule has 0 amide bonds. The number of rotatable bonds is 0. The molecule has 1 heterocycles. The van der Waals surface area contributed by atoms with Crippen LogP contribution in [0.2, 0.25) is 0 Å². The molecule has 0 radical (unpaired) electrons. The molecule has 2 aliphatic rings. The van der Waals surface area contributed by atoms with Gasteiger partial charge in [-0.05, 0) is 41.7 Å². The van der Waals surface area contributed by atoms with Crippen molar-refractivity contribution in [1.82, 2.24) is 0 Å². The third kappa shape index (κ3) is 1.25. The van der Waals surface area contributed by atoms with E-state index in [1.807, 2.05) is 31.2 Å². The van der Waals surface area contributed by atoms with Crippen LogP contribution < -0.4 is 0 Å². The molecule has 2 atom stereocenters. The number of ether oxygens (including phenoxy) is 1. The van der Waals surface area contributed by atoms with Crippen LogP contribution in [0.1, 0.15) is 24.5 Å². The van der Waals surface area contributed by atoms with Crippen molar-refractivity contribution >= 4 is 22.7 Å². The molecule has 1 saturated heterocycles. The molecule has 0 N–H and O–H groups in total. The smallest absolute Gasteiger partial charge is 0.324 e. The van der Waals surface area contributed by atoms with Gasteiger partial charge in [-0.25, -0.2) is 0 Å². The van der Waals surface area contributed by atoms with Gasteiger partial charge in [0.05, 0.1) is 5.92 Å². The highest BCUT2D eigenvalue weighted by Crippen LogP contribution is 2.48. The lowest BCUT2D eigenvalue weighted by Crippen LogP contribution is -2.39. The summed E-state index contributed by atoms with van der Waals surface area (Å²) in [5.41, 5.74) is 1.34. The molecule has 1 aliphatic carbocycles. The molecule has 0 spiro atoms. The van der Waals surface area contributed by atoms with Crippen LogP contribution in [0.3, 0.4) is 0 Å². The van der Waals surface area contributed by atoms with Crippen molar-refractivity contribution in [2.75, 3.05) is 0 Å². The fourth-order valence-corrected chi connectivity index (χ4v) is 3.73. The Balaban J connectivity index is 2.04. The van der Waals surface area contributed by atoms with Crippen LogP contribution in [0.25, 0.3) is 10.8 Å². The maximum absolute atomic E-state index is 12.2. The first-order valence-electron chi connectivity index (χ1n) is 6.89. The molecule has 3 nitrogen and oxygen atoms in total. The van der Waals surface area contributed by atoms with E-state index in [0.29, 0.717) is 6.42 Å². The topological polar surface area (TPSA) is 43.4 Å². The van der Waals surface area contributed by atoms with Gasteiger partial charge in [0.15, 0.2) is 0 Å². The third-order valence-electron chi connectivity index (χ3n) is 4.88. The van der Waals surface area contributed by atoms with E-state index in [1.165, 1.54) is 16.3 Å². The van der Waals surface area contributed by atoms with E-state index in [4.69, 9.17) is 4.74 Å². The normalized spacial score (nSPS) is 28.1. The Morgan fingerprint density at radius 1 is 1.15 bits per heavy atom. The second kappa shape index (κ2) is 3.69. The summed E-state index contributed by atoms with van der Waals surface area (Å²) < 4.78 is 4.90. The Labute approximate surface area is 116 Å². The van der Waals surface area contributed by atoms with E-state index in [1.54, 1.807) is 0 Å². The van der Waals surface area contributed by atoms with Gasteiger partial charge in [-0.15, -0.1) is 0 Å². The van der Waals surface area contributed by atoms with E-state index in [2.05, 4.69) is 12.1 Å². The molecule has 0 saturated carbocycles. The van der Waals surface area contributed by atoms with E-state index >= 15 is 0 Å². The number of fused-ring (bicyclic) bond motifs is 5. The molecule has 0 aromatic heterocycles. The molecule has 2 aromatic carbocycles. The molecule has 4 rings (SSSR count). The fourth-order valence-electron chi connectivity index (χ4n) is 3.73. The van der Waals surface area contributed by atoms with Crippen LogP contribution in [-0.2, 0) is 26.2 Å². The lowest BCUT2D eigenvalue weighted by Gasteiger charge is -2.33. The Bertz CT molecular complexity index is 762. The van der Waals surface area contributed by atoms with Crippen molar-refractivity contribution in [3.05, 3.63) is 47.5 Å². The number of hydrogen-bond acceptors (Lipinski definition) is 3. The summed E-state index contributed by atoms with van der Waals surface area (Å²) in [6, 6.07) is 12.2. The van der Waals surface area contributed by atoms with Gasteiger partial charge in [0.2, 0.25) is 0 Å². The Kier molecular flexibility index (Phi) is 2.15. The highest BCUT2D eigenvalue weighted by molar-refractivity contribution is 6.04. The van der Waals surface area contributed by atoms with Crippen molar-refractivity contribution in [2.45, 2.75) is 25.2 Å². The fraction of sp³-hybridized carbons (Fsp3) is 0.294. The van der Waals surface area contributed by atoms with Gasteiger partial charge in [-0.3, -0.25) is 9.59 Å². The number of aryl methyl sites for hydroxylation is 1. The van der Waals surface area contributed by atoms with E-state index in [9.17, 15) is 9.59 Å². The van der Waals surface area contributed by atoms with Crippen molar-refractivity contribution in [3.8, 4) is 0 Å². The predicted molar refractivity (Wildman–Crippen MR) is 74.2 cm³/mol. The monoisotopic (exact) mass is 266 g/mol. The molecule has 20 heavy (non-hydrogen) atoms. The predicted octanol–water partition coefficient (Wildman–Crippen LogP) is 2.74. The minimum Gasteiger partial charge on any atom is -0.392 e. The molecule has 0 bridgehead atoms. The third-order valence-corrected chi connectivity index (χ3v) is 4.88. The van der Waals surface area contributed by atoms with Crippen LogP contribution in [-0.4, -0.2) is 11.9 Å². The molecule has 2 aromatic rings. The zero-order chi connectivity index (χ0) is 13.9. The second-order valence-electron chi connectivity index (χ2n) is 5.81. The maximum Gasteiger partial charge on any atom is 0.324 e. The molecule has 3 heteroatoms. The van der Waals surface area contributed by atoms with Crippen LogP contribution in [0, 0.1) is 5.92 Å². The summed E-state index contributed by atoms with van der Waals surface area (Å²) in [7, 11) is 0. The molecule has 1 fully saturated rings. The van der Waals surface area contributed by atoms with Crippen LogP contribution in [0.4, 0.5) is 0 Å². The number of hydrogen-bond donors (Lipinski definition) is 0. The lowest BCUT2D eigenvalue weighted by atomic mass is 9.65. The molecular weight excluding hydrogens is 252 g/mol. The first-order valence-corrected chi connectivity index (χ1v) is 6.89. The lowest BCUT2D eigenvalue weighted by molar-refractivity contribution is -0.154. The molecule has 1 aliphatic heterocycles. The highest BCUT2D eigenvalue weighted by Gasteiger charge is 2.57. The van der Waals surface area contributed by atoms with E-state index < -0.39 is 11.4 Å². The first kappa shape index (κ1) is 11.6. The summed E-state index contributed by atoms with van der Waals surface area (Å²) in [5.74, 6) is -1.09. The average Bonchev–Trinajstić information content (AvgIpc) is 2.69. The van der Waals surface area contributed by atoms with Crippen molar-refractivity contribution in [2.24, 2.45) is 5.92 Å². The molecule has 100 valence electrons. The van der Waals surface area contributed by atoms with Gasteiger partial charge in [-0.2, -0.15) is 0 Å². The zero-order valence-corrected chi connectivity index (χ0v) is 11.2. The van der Waals surface area contributed by atoms with Gasteiger partial charge < -0.3 is 4.74 Å². The van der Waals surface area contributed by atoms with Gasteiger partial charge in [0.25, 0.3) is 0 Å². The van der Waals surface area contributed by atoms with Gasteiger partial charge in [0, 0.05) is 0 Å². The summed E-state index contributed by atoms with van der Waals surface area (Å²) in [6.07, 6.45) is 1.50. The second-order valence-corrected chi connectivity index (χ2v) is 5.81. The SMILES string of the molecule is CC12C(=O)OC(=O)C1CCc1c2ccc2ccccc12. The standard InChI is InChI=1S/C17H14O3/c1-17-13-8-6-10-4-2-3-5-11(10)12(13)7-9-14(17)15(18)20-16(17)19/h2-6,8,14H,7,9H2,1H3. The van der Waals surface area contributed by atoms with Crippen molar-refractivity contribution < 1.29 is 14.3 Å². The number of carbonyl (C=O) groups is 2. The minimum atomic E-state index is -0.811.